The van der Waals surface area contributed by atoms with Crippen LogP contribution in [-0.2, 0) is 24.5 Å². The monoisotopic (exact) mass is 223 g/mol. The molecule has 1 amide bonds. The Bertz CT molecular complexity index is 460. The van der Waals surface area contributed by atoms with Crippen LogP contribution in [0.15, 0.2) is 4.99 Å². The van der Waals surface area contributed by atoms with Crippen LogP contribution >= 0.6 is 12.2 Å². The molecule has 1 aromatic rings. The Morgan fingerprint density at radius 3 is 3.20 bits per heavy atom. The van der Waals surface area contributed by atoms with E-state index in [0.717, 1.165) is 11.3 Å². The van der Waals surface area contributed by atoms with Crippen LogP contribution in [0.4, 0.5) is 0 Å². The fourth-order valence-electron chi connectivity index (χ4n) is 1.63. The zero-order valence-electron chi connectivity index (χ0n) is 8.19. The molecule has 0 saturated heterocycles. The number of rotatable bonds is 2. The number of carbonyl (C=O) groups is 1. The summed E-state index contributed by atoms with van der Waals surface area (Å²) >= 11 is 4.41. The van der Waals surface area contributed by atoms with Gasteiger partial charge in [-0.05, 0) is 19.1 Å². The van der Waals surface area contributed by atoms with E-state index in [1.165, 1.54) is 0 Å². The molecule has 1 aliphatic rings. The fourth-order valence-corrected chi connectivity index (χ4v) is 1.71. The number of aliphatic imine (C=N–C) groups is 1. The highest BCUT2D eigenvalue weighted by Gasteiger charge is 2.26. The zero-order valence-corrected chi connectivity index (χ0v) is 9.00. The Balaban J connectivity index is 2.52. The van der Waals surface area contributed by atoms with Crippen molar-refractivity contribution < 1.29 is 9.53 Å². The summed E-state index contributed by atoms with van der Waals surface area (Å²) in [6, 6.07) is 0. The summed E-state index contributed by atoms with van der Waals surface area (Å²) < 4.78 is 6.84. The second-order valence-corrected chi connectivity index (χ2v) is 3.27. The lowest BCUT2D eigenvalue weighted by molar-refractivity contribution is 0.0982. The molecule has 0 atom stereocenters. The summed E-state index contributed by atoms with van der Waals surface area (Å²) in [6.45, 7) is 3.43. The van der Waals surface area contributed by atoms with E-state index in [-0.39, 0.29) is 0 Å². The van der Waals surface area contributed by atoms with Gasteiger partial charge in [-0.2, -0.15) is 10.1 Å². The number of aryl methyl sites for hydroxylation is 1. The summed E-state index contributed by atoms with van der Waals surface area (Å²) in [6.07, 6.45) is 0. The molecule has 5 nitrogen and oxygen atoms in total. The van der Waals surface area contributed by atoms with Crippen LogP contribution < -0.4 is 0 Å². The summed E-state index contributed by atoms with van der Waals surface area (Å²) in [5, 5.41) is 6.34. The quantitative estimate of drug-likeness (QED) is 0.558. The van der Waals surface area contributed by atoms with E-state index in [2.05, 4.69) is 27.5 Å². The van der Waals surface area contributed by atoms with E-state index in [4.69, 9.17) is 4.74 Å². The van der Waals surface area contributed by atoms with Crippen molar-refractivity contribution in [3.05, 3.63) is 17.0 Å². The van der Waals surface area contributed by atoms with Crippen molar-refractivity contribution in [1.29, 1.82) is 0 Å². The molecule has 0 N–H and O–H groups in total. The first-order valence-corrected chi connectivity index (χ1v) is 4.97. The predicted molar refractivity (Wildman–Crippen MR) is 55.8 cm³/mol. The molecule has 0 spiro atoms. The van der Waals surface area contributed by atoms with Crippen LogP contribution in [-0.4, -0.2) is 20.8 Å². The van der Waals surface area contributed by atoms with Crippen LogP contribution in [0.3, 0.4) is 0 Å². The number of isothiocyanates is 1. The number of fused-ring (bicyclic) bond motifs is 1. The first-order valence-electron chi connectivity index (χ1n) is 4.56. The molecule has 0 unspecified atom stereocenters. The molecule has 0 aromatic carbocycles. The number of ether oxygens (including phenoxy) is 1. The third-order valence-electron chi connectivity index (χ3n) is 2.27. The molecule has 1 aliphatic heterocycles. The molecule has 2 heterocycles. The number of hydrogen-bond acceptors (Lipinski definition) is 4. The van der Waals surface area contributed by atoms with Gasteiger partial charge in [-0.3, -0.25) is 9.48 Å². The second kappa shape index (κ2) is 4.02. The van der Waals surface area contributed by atoms with Gasteiger partial charge in [0, 0.05) is 12.1 Å². The van der Waals surface area contributed by atoms with E-state index in [1.54, 1.807) is 4.68 Å². The van der Waals surface area contributed by atoms with Gasteiger partial charge < -0.3 is 4.74 Å². The maximum atomic E-state index is 11.6. The molecule has 0 aliphatic carbocycles. The number of hydrogen-bond donors (Lipinski definition) is 0. The maximum Gasteiger partial charge on any atom is 0.304 e. The molecular formula is C9H9N3O2S. The minimum Gasteiger partial charge on any atom is -0.370 e. The highest BCUT2D eigenvalue weighted by atomic mass is 32.1. The van der Waals surface area contributed by atoms with Gasteiger partial charge in [-0.1, -0.05) is 0 Å². The Labute approximate surface area is 91.8 Å². The number of amides is 1. The summed E-state index contributed by atoms with van der Waals surface area (Å²) in [5.74, 6) is -0.397. The molecule has 0 bridgehead atoms. The van der Waals surface area contributed by atoms with Crippen molar-refractivity contribution in [2.24, 2.45) is 4.99 Å². The van der Waals surface area contributed by atoms with Gasteiger partial charge in [0.25, 0.3) is 0 Å². The van der Waals surface area contributed by atoms with Crippen molar-refractivity contribution in [2.75, 3.05) is 0 Å². The van der Waals surface area contributed by atoms with Gasteiger partial charge in [0.05, 0.1) is 24.1 Å². The largest absolute Gasteiger partial charge is 0.370 e. The average molecular weight is 223 g/mol. The average Bonchev–Trinajstić information content (AvgIpc) is 2.75. The lowest BCUT2D eigenvalue weighted by Crippen LogP contribution is -2.10. The Kier molecular flexibility index (Phi) is 2.73. The highest BCUT2D eigenvalue weighted by molar-refractivity contribution is 7.78. The van der Waals surface area contributed by atoms with Crippen LogP contribution in [0, 0.1) is 0 Å². The van der Waals surface area contributed by atoms with E-state index in [0.29, 0.717) is 25.5 Å². The van der Waals surface area contributed by atoms with Gasteiger partial charge in [0.15, 0.2) is 0 Å². The standard InChI is InChI=1S/C9H9N3O2S/c1-2-12-8(9(13)10-5-15)6-3-14-4-7(6)11-12/h2-4H2,1H3. The van der Waals surface area contributed by atoms with Gasteiger partial charge in [0.2, 0.25) is 0 Å². The minimum atomic E-state index is -0.397. The normalized spacial score (nSPS) is 13.4. The summed E-state index contributed by atoms with van der Waals surface area (Å²) in [4.78, 5) is 15.1. The van der Waals surface area contributed by atoms with E-state index in [9.17, 15) is 4.79 Å². The van der Waals surface area contributed by atoms with E-state index < -0.39 is 5.91 Å². The fraction of sp³-hybridized carbons (Fsp3) is 0.444. The Hall–Kier alpha value is -1.36. The third-order valence-corrected chi connectivity index (χ3v) is 2.36. The number of thiocarbonyl (C=S) groups is 1. The molecule has 0 fully saturated rings. The number of aromatic nitrogens is 2. The van der Waals surface area contributed by atoms with Gasteiger partial charge in [-0.25, -0.2) is 0 Å². The Morgan fingerprint density at radius 2 is 2.53 bits per heavy atom. The molecule has 1 aromatic heterocycles. The Morgan fingerprint density at radius 1 is 1.73 bits per heavy atom. The number of nitrogens with zero attached hydrogens (tertiary/aromatic N) is 3. The smallest absolute Gasteiger partial charge is 0.304 e. The predicted octanol–water partition coefficient (Wildman–Crippen LogP) is 1.18. The third kappa shape index (κ3) is 1.63. The van der Waals surface area contributed by atoms with E-state index >= 15 is 0 Å². The first kappa shape index (κ1) is 10.2. The molecular weight excluding hydrogens is 214 g/mol. The second-order valence-electron chi connectivity index (χ2n) is 3.09. The molecule has 15 heavy (non-hydrogen) atoms. The maximum absolute atomic E-state index is 11.6. The summed E-state index contributed by atoms with van der Waals surface area (Å²) in [5.41, 5.74) is 2.12. The van der Waals surface area contributed by atoms with Crippen molar-refractivity contribution in [3.63, 3.8) is 0 Å². The molecule has 6 heteroatoms. The summed E-state index contributed by atoms with van der Waals surface area (Å²) in [7, 11) is 0. The molecule has 0 radical (unpaired) electrons. The highest BCUT2D eigenvalue weighted by Crippen LogP contribution is 2.23. The van der Waals surface area contributed by atoms with Gasteiger partial charge >= 0.3 is 5.91 Å². The lowest BCUT2D eigenvalue weighted by atomic mass is 10.2. The topological polar surface area (TPSA) is 56.5 Å². The molecule has 0 saturated carbocycles. The van der Waals surface area contributed by atoms with Crippen LogP contribution in [0.1, 0.15) is 28.7 Å². The molecule has 2 rings (SSSR count). The minimum absolute atomic E-state index is 0.397. The zero-order chi connectivity index (χ0) is 10.8. The van der Waals surface area contributed by atoms with Crippen molar-refractivity contribution >= 4 is 23.3 Å². The van der Waals surface area contributed by atoms with Gasteiger partial charge in [-0.15, -0.1) is 0 Å². The number of carbonyl (C=O) groups excluding carboxylic acids is 1. The van der Waals surface area contributed by atoms with Crippen molar-refractivity contribution in [2.45, 2.75) is 26.7 Å². The van der Waals surface area contributed by atoms with Crippen LogP contribution in [0.25, 0.3) is 0 Å². The van der Waals surface area contributed by atoms with Crippen LogP contribution in [0.2, 0.25) is 0 Å². The SMILES string of the molecule is CCn1nc2c(c1C(=O)N=C=S)COC2. The van der Waals surface area contributed by atoms with E-state index in [1.807, 2.05) is 6.92 Å². The molecule has 78 valence electrons. The lowest BCUT2D eigenvalue weighted by Gasteiger charge is -2.01. The van der Waals surface area contributed by atoms with Gasteiger partial charge in [0.1, 0.15) is 5.69 Å². The first-order chi connectivity index (χ1) is 7.27. The van der Waals surface area contributed by atoms with Crippen LogP contribution in [0.5, 0.6) is 0 Å². The van der Waals surface area contributed by atoms with Crippen molar-refractivity contribution in [3.8, 4) is 0 Å². The van der Waals surface area contributed by atoms with Crippen molar-refractivity contribution in [1.82, 2.24) is 9.78 Å².